The number of allylic oxidation sites excluding steroid dienone is 4. The van der Waals surface area contributed by atoms with Crippen LogP contribution in [0.2, 0.25) is 0 Å². The zero-order valence-corrected chi connectivity index (χ0v) is 14.5. The number of hydrogen-bond donors (Lipinski definition) is 0. The lowest BCUT2D eigenvalue weighted by molar-refractivity contribution is -0.786. The quantitative estimate of drug-likeness (QED) is 0.318. The Morgan fingerprint density at radius 1 is 0.724 bits per heavy atom. The second-order valence-corrected chi connectivity index (χ2v) is 7.63. The van der Waals surface area contributed by atoms with E-state index in [1.54, 1.807) is 0 Å². The first kappa shape index (κ1) is 21.7. The standard InChI is InChI=1S/C12H8F2N4O10S/c13-9-7(3-1-5-11(9,15(19)20)16(21)22)29(27,28)8-4-2-6-12(10(8)14,17(23)24)18(25)26/h1-6,9-10H. The summed E-state index contributed by atoms with van der Waals surface area (Å²) in [5, 5.41) is 44.4. The maximum absolute atomic E-state index is 14.7. The van der Waals surface area contributed by atoms with Crippen molar-refractivity contribution in [2.24, 2.45) is 0 Å². The van der Waals surface area contributed by atoms with Crippen molar-refractivity contribution >= 4 is 9.84 Å². The summed E-state index contributed by atoms with van der Waals surface area (Å²) in [5.74, 6) is 0. The number of rotatable bonds is 6. The van der Waals surface area contributed by atoms with E-state index in [9.17, 15) is 57.7 Å². The van der Waals surface area contributed by atoms with Crippen LogP contribution >= 0.6 is 0 Å². The van der Waals surface area contributed by atoms with Gasteiger partial charge in [0.05, 0.1) is 22.0 Å². The van der Waals surface area contributed by atoms with Crippen LogP contribution in [0.1, 0.15) is 0 Å². The molecule has 14 nitrogen and oxygen atoms in total. The summed E-state index contributed by atoms with van der Waals surface area (Å²) in [5.41, 5.74) is -7.53. The van der Waals surface area contributed by atoms with Crippen molar-refractivity contribution in [1.82, 2.24) is 0 Å². The van der Waals surface area contributed by atoms with E-state index in [0.717, 1.165) is 0 Å². The lowest BCUT2D eigenvalue weighted by atomic mass is 10.00. The fourth-order valence-electron chi connectivity index (χ4n) is 2.66. The molecule has 0 aromatic heterocycles. The molecular weight excluding hydrogens is 430 g/mol. The average molecular weight is 438 g/mol. The molecule has 0 spiro atoms. The molecule has 0 saturated heterocycles. The van der Waals surface area contributed by atoms with Crippen molar-refractivity contribution in [1.29, 1.82) is 0 Å². The normalized spacial score (nSPS) is 24.9. The molecule has 0 fully saturated rings. The predicted molar refractivity (Wildman–Crippen MR) is 86.6 cm³/mol. The summed E-state index contributed by atoms with van der Waals surface area (Å²) in [6.07, 6.45) is -4.93. The van der Waals surface area contributed by atoms with E-state index in [4.69, 9.17) is 0 Å². The van der Waals surface area contributed by atoms with Crippen molar-refractivity contribution < 1.29 is 36.9 Å². The van der Waals surface area contributed by atoms with E-state index in [1.807, 2.05) is 0 Å². The average Bonchev–Trinajstić information content (AvgIpc) is 2.60. The first-order valence-electron chi connectivity index (χ1n) is 7.18. The molecule has 2 rings (SSSR count). The third kappa shape index (κ3) is 2.77. The first-order chi connectivity index (χ1) is 13.3. The summed E-state index contributed by atoms with van der Waals surface area (Å²) in [6.45, 7) is 0. The van der Waals surface area contributed by atoms with Gasteiger partial charge in [-0.05, 0) is 12.2 Å². The summed E-state index contributed by atoms with van der Waals surface area (Å²) >= 11 is 0. The van der Waals surface area contributed by atoms with Gasteiger partial charge in [0, 0.05) is 0 Å². The van der Waals surface area contributed by atoms with Crippen LogP contribution in [0.15, 0.2) is 46.3 Å². The Morgan fingerprint density at radius 3 is 1.24 bits per heavy atom. The van der Waals surface area contributed by atoms with Gasteiger partial charge in [-0.1, -0.05) is 12.2 Å². The highest BCUT2D eigenvalue weighted by Gasteiger charge is 2.69. The van der Waals surface area contributed by atoms with Gasteiger partial charge in [-0.15, -0.1) is 0 Å². The van der Waals surface area contributed by atoms with Crippen molar-refractivity contribution in [3.05, 3.63) is 86.7 Å². The Bertz CT molecular complexity index is 943. The van der Waals surface area contributed by atoms with Crippen LogP contribution in [0.5, 0.6) is 0 Å². The monoisotopic (exact) mass is 438 g/mol. The number of nitrogens with zero attached hydrogens (tertiary/aromatic N) is 4. The minimum Gasteiger partial charge on any atom is -0.258 e. The number of alkyl halides is 2. The summed E-state index contributed by atoms with van der Waals surface area (Å²) in [6, 6.07) is 0. The molecule has 2 aliphatic rings. The smallest absolute Gasteiger partial charge is 0.258 e. The lowest BCUT2D eigenvalue weighted by Crippen LogP contribution is -2.57. The second kappa shape index (κ2) is 6.76. The molecular formula is C12H8F2N4O10S. The maximum Gasteiger partial charge on any atom is 0.512 e. The highest BCUT2D eigenvalue weighted by Crippen LogP contribution is 2.40. The number of halogens is 2. The van der Waals surface area contributed by atoms with Gasteiger partial charge in [-0.25, -0.2) is 17.2 Å². The molecule has 2 unspecified atom stereocenters. The van der Waals surface area contributed by atoms with Crippen LogP contribution in [0.4, 0.5) is 8.78 Å². The fourth-order valence-corrected chi connectivity index (χ4v) is 4.34. The molecule has 2 atom stereocenters. The molecule has 0 saturated carbocycles. The van der Waals surface area contributed by atoms with Crippen molar-refractivity contribution in [3.8, 4) is 0 Å². The molecule has 0 amide bonds. The predicted octanol–water partition coefficient (Wildman–Crippen LogP) is 0.484. The van der Waals surface area contributed by atoms with E-state index >= 15 is 0 Å². The van der Waals surface area contributed by atoms with E-state index in [2.05, 4.69) is 0 Å². The van der Waals surface area contributed by atoms with Gasteiger partial charge in [-0.3, -0.25) is 40.5 Å². The zero-order chi connectivity index (χ0) is 22.4. The van der Waals surface area contributed by atoms with Gasteiger partial charge in [0.15, 0.2) is 0 Å². The molecule has 0 N–H and O–H groups in total. The van der Waals surface area contributed by atoms with Crippen LogP contribution in [0.3, 0.4) is 0 Å². The first-order valence-corrected chi connectivity index (χ1v) is 8.66. The lowest BCUT2D eigenvalue weighted by Gasteiger charge is -2.25. The van der Waals surface area contributed by atoms with Crippen molar-refractivity contribution in [3.63, 3.8) is 0 Å². The molecule has 0 radical (unpaired) electrons. The van der Waals surface area contributed by atoms with Crippen molar-refractivity contribution in [2.75, 3.05) is 0 Å². The second-order valence-electron chi connectivity index (χ2n) is 5.68. The molecule has 0 heterocycles. The van der Waals surface area contributed by atoms with Crippen LogP contribution in [-0.4, -0.2) is 51.8 Å². The van der Waals surface area contributed by atoms with E-state index in [0.29, 0.717) is 24.3 Å². The minimum absolute atomic E-state index is 0.164. The molecule has 17 heteroatoms. The third-order valence-electron chi connectivity index (χ3n) is 4.24. The fraction of sp³-hybridized carbons (Fsp3) is 0.333. The highest BCUT2D eigenvalue weighted by molar-refractivity contribution is 7.99. The van der Waals surface area contributed by atoms with Crippen LogP contribution in [0.25, 0.3) is 0 Å². The number of nitro groups is 4. The highest BCUT2D eigenvalue weighted by atomic mass is 32.2. The van der Waals surface area contributed by atoms with Gasteiger partial charge < -0.3 is 0 Å². The topological polar surface area (TPSA) is 207 Å². The van der Waals surface area contributed by atoms with Crippen LogP contribution in [0, 0.1) is 40.5 Å². The molecule has 0 aliphatic heterocycles. The van der Waals surface area contributed by atoms with Gasteiger partial charge >= 0.3 is 11.3 Å². The Hall–Kier alpha value is -3.63. The Kier molecular flexibility index (Phi) is 5.05. The van der Waals surface area contributed by atoms with E-state index in [1.165, 1.54) is 0 Å². The van der Waals surface area contributed by atoms with Crippen LogP contribution < -0.4 is 0 Å². The Labute approximate surface area is 158 Å². The van der Waals surface area contributed by atoms with Crippen molar-refractivity contribution in [2.45, 2.75) is 23.7 Å². The Morgan fingerprint density at radius 2 is 1.00 bits per heavy atom. The molecule has 2 aliphatic carbocycles. The van der Waals surface area contributed by atoms with E-state index in [-0.39, 0.29) is 12.2 Å². The molecule has 29 heavy (non-hydrogen) atoms. The largest absolute Gasteiger partial charge is 0.512 e. The summed E-state index contributed by atoms with van der Waals surface area (Å²) in [7, 11) is -5.51. The minimum atomic E-state index is -5.51. The number of hydrogen-bond acceptors (Lipinski definition) is 10. The zero-order valence-electron chi connectivity index (χ0n) is 13.7. The third-order valence-corrected chi connectivity index (χ3v) is 6.17. The van der Waals surface area contributed by atoms with Crippen LogP contribution in [-0.2, 0) is 9.84 Å². The molecule has 0 aromatic carbocycles. The number of sulfone groups is 1. The molecule has 0 bridgehead atoms. The van der Waals surface area contributed by atoms with Gasteiger partial charge in [-0.2, -0.15) is 0 Å². The SMILES string of the molecule is O=[N+]([O-])C1([N+](=O)[O-])C=CC=C(S(=O)(=O)C2=CC=CC([N+](=O)[O-])([N+](=O)[O-])C2F)C1F. The van der Waals surface area contributed by atoms with Gasteiger partial charge in [0.2, 0.25) is 9.84 Å². The summed E-state index contributed by atoms with van der Waals surface area (Å²) < 4.78 is 54.8. The van der Waals surface area contributed by atoms with Gasteiger partial charge in [0.1, 0.15) is 19.7 Å². The van der Waals surface area contributed by atoms with Gasteiger partial charge in [0.25, 0.3) is 12.3 Å². The summed E-state index contributed by atoms with van der Waals surface area (Å²) in [4.78, 5) is 34.2. The Balaban J connectivity index is 2.65. The molecule has 156 valence electrons. The van der Waals surface area contributed by atoms with E-state index < -0.39 is 63.0 Å². The maximum atomic E-state index is 14.7. The molecule has 0 aromatic rings.